The van der Waals surface area contributed by atoms with Gasteiger partial charge < -0.3 is 19.1 Å². The van der Waals surface area contributed by atoms with Crippen LogP contribution in [0, 0.1) is 6.92 Å². The van der Waals surface area contributed by atoms with Gasteiger partial charge in [0.15, 0.2) is 0 Å². The summed E-state index contributed by atoms with van der Waals surface area (Å²) in [5.41, 5.74) is 5.55. The zero-order valence-electron chi connectivity index (χ0n) is 21.1. The van der Waals surface area contributed by atoms with E-state index in [0.29, 0.717) is 19.1 Å². The van der Waals surface area contributed by atoms with Crippen molar-refractivity contribution < 1.29 is 14.6 Å². The van der Waals surface area contributed by atoms with E-state index >= 15 is 0 Å². The Kier molecular flexibility index (Phi) is 8.21. The molecule has 0 radical (unpaired) electrons. The number of fused-ring (bicyclic) bond motifs is 1. The van der Waals surface area contributed by atoms with Crippen LogP contribution < -0.4 is 4.74 Å². The van der Waals surface area contributed by atoms with Crippen LogP contribution in [0.4, 0.5) is 0 Å². The van der Waals surface area contributed by atoms with Gasteiger partial charge in [-0.15, -0.1) is 0 Å². The van der Waals surface area contributed by atoms with Gasteiger partial charge in [0.2, 0.25) is 0 Å². The van der Waals surface area contributed by atoms with Gasteiger partial charge in [-0.2, -0.15) is 0 Å². The first-order chi connectivity index (χ1) is 17.0. The van der Waals surface area contributed by atoms with E-state index in [4.69, 9.17) is 14.5 Å². The minimum atomic E-state index is -0.670. The second-order valence-electron chi connectivity index (χ2n) is 9.38. The van der Waals surface area contributed by atoms with Crippen LogP contribution in [0.1, 0.15) is 61.7 Å². The number of hydrogen-bond acceptors (Lipinski definition) is 4. The lowest BCUT2D eigenvalue weighted by Gasteiger charge is -2.20. The third kappa shape index (κ3) is 6.11. The number of nitrogens with zero attached hydrogens (tertiary/aromatic N) is 2. The van der Waals surface area contributed by atoms with Gasteiger partial charge in [0.25, 0.3) is 0 Å². The zero-order valence-corrected chi connectivity index (χ0v) is 21.1. The maximum atomic E-state index is 10.9. The van der Waals surface area contributed by atoms with Gasteiger partial charge in [-0.1, -0.05) is 69.3 Å². The summed E-state index contributed by atoms with van der Waals surface area (Å²) in [4.78, 5) is 4.79. The monoisotopic (exact) mass is 472 g/mol. The van der Waals surface area contributed by atoms with Gasteiger partial charge in [-0.05, 0) is 60.2 Å². The molecule has 0 aliphatic rings. The van der Waals surface area contributed by atoms with Crippen LogP contribution in [0.2, 0.25) is 0 Å². The summed E-state index contributed by atoms with van der Waals surface area (Å²) in [5, 5.41) is 10.9. The van der Waals surface area contributed by atoms with Crippen molar-refractivity contribution in [3.05, 3.63) is 95.3 Å². The topological polar surface area (TPSA) is 56.5 Å². The molecule has 0 amide bonds. The van der Waals surface area contributed by atoms with Crippen molar-refractivity contribution in [1.82, 2.24) is 9.55 Å². The maximum Gasteiger partial charge on any atom is 0.148 e. The summed E-state index contributed by atoms with van der Waals surface area (Å²) in [7, 11) is 0. The highest BCUT2D eigenvalue weighted by molar-refractivity contribution is 5.75. The molecule has 0 saturated heterocycles. The van der Waals surface area contributed by atoms with E-state index in [0.717, 1.165) is 34.6 Å². The first kappa shape index (κ1) is 25.0. The number of aromatic nitrogens is 2. The van der Waals surface area contributed by atoms with Crippen molar-refractivity contribution in [1.29, 1.82) is 0 Å². The number of aliphatic hydroxyl groups excluding tert-OH is 1. The summed E-state index contributed by atoms with van der Waals surface area (Å²) in [6.45, 7) is 9.56. The van der Waals surface area contributed by atoms with Gasteiger partial charge >= 0.3 is 0 Å². The van der Waals surface area contributed by atoms with E-state index in [-0.39, 0.29) is 12.7 Å². The van der Waals surface area contributed by atoms with E-state index in [1.165, 1.54) is 11.1 Å². The first-order valence-electron chi connectivity index (χ1n) is 12.5. The number of ether oxygens (including phenoxy) is 2. The molecule has 0 saturated carbocycles. The minimum absolute atomic E-state index is 0.0368. The Morgan fingerprint density at radius 2 is 1.71 bits per heavy atom. The van der Waals surface area contributed by atoms with Crippen LogP contribution in [0.15, 0.2) is 72.8 Å². The number of benzene rings is 3. The summed E-state index contributed by atoms with van der Waals surface area (Å²) in [6, 6.07) is 24.4. The molecular weight excluding hydrogens is 436 g/mol. The highest BCUT2D eigenvalue weighted by atomic mass is 16.5. The number of hydrogen-bond donors (Lipinski definition) is 1. The van der Waals surface area contributed by atoms with Gasteiger partial charge in [0.1, 0.15) is 18.2 Å². The number of aliphatic hydroxyl groups is 1. The van der Waals surface area contributed by atoms with Crippen LogP contribution in [-0.4, -0.2) is 27.4 Å². The number of rotatable bonds is 11. The molecular formula is C30H36N2O3. The van der Waals surface area contributed by atoms with Crippen molar-refractivity contribution in [2.75, 3.05) is 6.61 Å². The molecule has 5 nitrogen and oxygen atoms in total. The molecule has 5 heteroatoms. The number of imidazole rings is 1. The van der Waals surface area contributed by atoms with Crippen molar-refractivity contribution in [2.45, 2.75) is 65.4 Å². The molecule has 0 fully saturated rings. The normalized spacial score (nSPS) is 13.3. The lowest BCUT2D eigenvalue weighted by molar-refractivity contribution is -0.0176. The predicted molar refractivity (Wildman–Crippen MR) is 141 cm³/mol. The van der Waals surface area contributed by atoms with E-state index in [9.17, 15) is 5.11 Å². The van der Waals surface area contributed by atoms with E-state index in [2.05, 4.69) is 52.0 Å². The van der Waals surface area contributed by atoms with Gasteiger partial charge in [-0.25, -0.2) is 4.98 Å². The molecule has 1 aromatic heterocycles. The van der Waals surface area contributed by atoms with Gasteiger partial charge in [-0.3, -0.25) is 0 Å². The van der Waals surface area contributed by atoms with Crippen molar-refractivity contribution in [3.63, 3.8) is 0 Å². The fraction of sp³-hybridized carbons (Fsp3) is 0.367. The molecule has 0 spiro atoms. The van der Waals surface area contributed by atoms with Gasteiger partial charge in [0.05, 0.1) is 36.4 Å². The number of aryl methyl sites for hydroxylation is 1. The molecule has 2 unspecified atom stereocenters. The van der Waals surface area contributed by atoms with E-state index in [1.54, 1.807) is 0 Å². The number of para-hydroxylation sites is 2. The summed E-state index contributed by atoms with van der Waals surface area (Å²) >= 11 is 0. The smallest absolute Gasteiger partial charge is 0.148 e. The fourth-order valence-corrected chi connectivity index (χ4v) is 4.58. The lowest BCUT2D eigenvalue weighted by Crippen LogP contribution is -2.24. The Bertz CT molecular complexity index is 1230. The Labute approximate surface area is 208 Å². The summed E-state index contributed by atoms with van der Waals surface area (Å²) in [5.74, 6) is 2.08. The maximum absolute atomic E-state index is 10.9. The molecule has 35 heavy (non-hydrogen) atoms. The van der Waals surface area contributed by atoms with Crippen LogP contribution in [0.25, 0.3) is 11.0 Å². The average molecular weight is 473 g/mol. The van der Waals surface area contributed by atoms with Gasteiger partial charge in [0, 0.05) is 0 Å². The molecule has 0 aliphatic heterocycles. The standard InChI is InChI=1S/C30H36N2O3/c1-5-29(23-11-7-6-8-12-23)35-19-24(33)18-32-28-14-10-9-13-27(28)31-30(32)20-34-25-15-16-26(21(2)3)22(4)17-25/h6-17,21,24,29,33H,5,18-20H2,1-4H3. The van der Waals surface area contributed by atoms with Crippen LogP contribution >= 0.6 is 0 Å². The highest BCUT2D eigenvalue weighted by Crippen LogP contribution is 2.25. The van der Waals surface area contributed by atoms with Crippen LogP contribution in [0.3, 0.4) is 0 Å². The zero-order chi connectivity index (χ0) is 24.8. The second kappa shape index (κ2) is 11.5. The molecule has 3 aromatic carbocycles. The summed E-state index contributed by atoms with van der Waals surface area (Å²) in [6.07, 6.45) is 0.140. The lowest BCUT2D eigenvalue weighted by atomic mass is 9.98. The van der Waals surface area contributed by atoms with Crippen molar-refractivity contribution in [2.24, 2.45) is 0 Å². The third-order valence-corrected chi connectivity index (χ3v) is 6.39. The van der Waals surface area contributed by atoms with E-state index in [1.807, 2.05) is 53.1 Å². The average Bonchev–Trinajstić information content (AvgIpc) is 3.20. The third-order valence-electron chi connectivity index (χ3n) is 6.39. The summed E-state index contributed by atoms with van der Waals surface area (Å²) < 4.78 is 14.3. The Morgan fingerprint density at radius 1 is 0.971 bits per heavy atom. The molecule has 2 atom stereocenters. The predicted octanol–water partition coefficient (Wildman–Crippen LogP) is 6.58. The molecule has 4 rings (SSSR count). The molecule has 1 N–H and O–H groups in total. The molecule has 0 bridgehead atoms. The first-order valence-corrected chi connectivity index (χ1v) is 12.5. The SMILES string of the molecule is CCC(OCC(O)Cn1c(COc2ccc(C(C)C)c(C)c2)nc2ccccc21)c1ccccc1. The highest BCUT2D eigenvalue weighted by Gasteiger charge is 2.17. The Balaban J connectivity index is 1.47. The van der Waals surface area contributed by atoms with Crippen LogP contribution in [0.5, 0.6) is 5.75 Å². The Hall–Kier alpha value is -3.15. The molecule has 0 aliphatic carbocycles. The quantitative estimate of drug-likeness (QED) is 0.268. The largest absolute Gasteiger partial charge is 0.486 e. The molecule has 1 heterocycles. The van der Waals surface area contributed by atoms with Crippen molar-refractivity contribution in [3.8, 4) is 5.75 Å². The molecule has 184 valence electrons. The van der Waals surface area contributed by atoms with E-state index < -0.39 is 6.10 Å². The second-order valence-corrected chi connectivity index (χ2v) is 9.38. The fourth-order valence-electron chi connectivity index (χ4n) is 4.58. The van der Waals surface area contributed by atoms with Crippen LogP contribution in [-0.2, 0) is 17.9 Å². The van der Waals surface area contributed by atoms with Crippen molar-refractivity contribution >= 4 is 11.0 Å². The Morgan fingerprint density at radius 3 is 2.43 bits per heavy atom. The minimum Gasteiger partial charge on any atom is -0.486 e. The molecule has 4 aromatic rings.